The average molecular weight is 451 g/mol. The van der Waals surface area contributed by atoms with Crippen LogP contribution in [0.3, 0.4) is 0 Å². The summed E-state index contributed by atoms with van der Waals surface area (Å²) in [6, 6.07) is 14.7. The molecule has 2 N–H and O–H groups in total. The Kier molecular flexibility index (Phi) is 5.31. The Morgan fingerprint density at radius 2 is 1.93 bits per heavy atom. The number of rotatable bonds is 4. The standard InChI is InChI=1S/C21H15BrN4O3/c22-16-3-1-13(2-4-16)20-15(12-24-26-20)9-14(11-23)21(27)25-17-5-6-18-19(10-17)29-8-7-28-18/h1-6,9-10,12H,7-8H2,(H,24,26)(H,25,27). The minimum absolute atomic E-state index is 0.0420. The van der Waals surface area contributed by atoms with Crippen LogP contribution in [0.5, 0.6) is 11.5 Å². The highest BCUT2D eigenvalue weighted by molar-refractivity contribution is 9.10. The number of nitrogens with one attached hydrogen (secondary N) is 2. The third-order valence-electron chi connectivity index (χ3n) is 4.27. The van der Waals surface area contributed by atoms with Crippen molar-refractivity contribution in [2.24, 2.45) is 0 Å². The van der Waals surface area contributed by atoms with Crippen molar-refractivity contribution in [2.45, 2.75) is 0 Å². The predicted octanol–water partition coefficient (Wildman–Crippen LogP) is 4.16. The molecular weight excluding hydrogens is 436 g/mol. The third kappa shape index (κ3) is 4.15. The summed E-state index contributed by atoms with van der Waals surface area (Å²) in [5.74, 6) is 0.666. The first-order valence-corrected chi connectivity index (χ1v) is 9.55. The maximum atomic E-state index is 12.6. The Morgan fingerprint density at radius 3 is 2.69 bits per heavy atom. The Bertz CT molecular complexity index is 1130. The van der Waals surface area contributed by atoms with Crippen molar-refractivity contribution < 1.29 is 14.3 Å². The van der Waals surface area contributed by atoms with Gasteiger partial charge in [0, 0.05) is 27.4 Å². The molecule has 7 nitrogen and oxygen atoms in total. The molecule has 0 unspecified atom stereocenters. The Hall–Kier alpha value is -3.57. The summed E-state index contributed by atoms with van der Waals surface area (Å²) < 4.78 is 11.9. The van der Waals surface area contributed by atoms with Crippen LogP contribution in [0.25, 0.3) is 17.3 Å². The number of carbonyl (C=O) groups excluding carboxylic acids is 1. The molecule has 0 radical (unpaired) electrons. The molecule has 29 heavy (non-hydrogen) atoms. The van der Waals surface area contributed by atoms with Crippen molar-refractivity contribution in [2.75, 3.05) is 18.5 Å². The van der Waals surface area contributed by atoms with Gasteiger partial charge < -0.3 is 14.8 Å². The summed E-state index contributed by atoms with van der Waals surface area (Å²) in [6.07, 6.45) is 3.08. The van der Waals surface area contributed by atoms with Crippen LogP contribution in [0, 0.1) is 11.3 Å². The molecule has 0 atom stereocenters. The maximum absolute atomic E-state index is 12.6. The molecule has 0 spiro atoms. The van der Waals surface area contributed by atoms with Crippen molar-refractivity contribution in [1.82, 2.24) is 10.2 Å². The van der Waals surface area contributed by atoms with Crippen LogP contribution in [-0.4, -0.2) is 29.3 Å². The number of benzene rings is 2. The molecule has 1 aliphatic rings. The SMILES string of the molecule is N#CC(=Cc1cn[nH]c1-c1ccc(Br)cc1)C(=O)Nc1ccc2c(c1)OCCO2. The van der Waals surface area contributed by atoms with E-state index in [0.29, 0.717) is 36.0 Å². The highest BCUT2D eigenvalue weighted by Gasteiger charge is 2.16. The zero-order chi connectivity index (χ0) is 20.2. The predicted molar refractivity (Wildman–Crippen MR) is 111 cm³/mol. The van der Waals surface area contributed by atoms with E-state index < -0.39 is 5.91 Å². The molecule has 1 amide bonds. The van der Waals surface area contributed by atoms with E-state index in [9.17, 15) is 10.1 Å². The van der Waals surface area contributed by atoms with Crippen LogP contribution in [0.15, 0.2) is 58.7 Å². The van der Waals surface area contributed by atoms with Gasteiger partial charge in [-0.05, 0) is 30.3 Å². The quantitative estimate of drug-likeness (QED) is 0.459. The lowest BCUT2D eigenvalue weighted by Gasteiger charge is -2.18. The van der Waals surface area contributed by atoms with Crippen molar-refractivity contribution in [3.05, 3.63) is 64.3 Å². The zero-order valence-corrected chi connectivity index (χ0v) is 16.7. The summed E-state index contributed by atoms with van der Waals surface area (Å²) in [5, 5.41) is 19.2. The minimum atomic E-state index is -0.521. The highest BCUT2D eigenvalue weighted by atomic mass is 79.9. The number of halogens is 1. The van der Waals surface area contributed by atoms with E-state index in [1.165, 1.54) is 6.08 Å². The van der Waals surface area contributed by atoms with Crippen molar-refractivity contribution in [3.8, 4) is 28.8 Å². The fourth-order valence-corrected chi connectivity index (χ4v) is 3.14. The van der Waals surface area contributed by atoms with Crippen LogP contribution in [0.2, 0.25) is 0 Å². The second kappa shape index (κ2) is 8.20. The van der Waals surface area contributed by atoms with Gasteiger partial charge in [-0.1, -0.05) is 28.1 Å². The molecule has 3 aromatic rings. The van der Waals surface area contributed by atoms with E-state index in [4.69, 9.17) is 9.47 Å². The molecule has 8 heteroatoms. The van der Waals surface area contributed by atoms with Gasteiger partial charge in [0.15, 0.2) is 11.5 Å². The summed E-state index contributed by atoms with van der Waals surface area (Å²) in [5.41, 5.74) is 2.72. The molecular formula is C21H15BrN4O3. The number of carbonyl (C=O) groups is 1. The molecule has 144 valence electrons. The van der Waals surface area contributed by atoms with Gasteiger partial charge in [0.1, 0.15) is 24.9 Å². The van der Waals surface area contributed by atoms with Crippen molar-refractivity contribution in [3.63, 3.8) is 0 Å². The molecule has 0 bridgehead atoms. The lowest BCUT2D eigenvalue weighted by molar-refractivity contribution is -0.112. The van der Waals surface area contributed by atoms with E-state index in [-0.39, 0.29) is 5.57 Å². The summed E-state index contributed by atoms with van der Waals surface area (Å²) in [4.78, 5) is 12.6. The average Bonchev–Trinajstić information content (AvgIpc) is 3.20. The van der Waals surface area contributed by atoms with Crippen molar-refractivity contribution in [1.29, 1.82) is 5.26 Å². The summed E-state index contributed by atoms with van der Waals surface area (Å²) in [7, 11) is 0. The van der Waals surface area contributed by atoms with Crippen LogP contribution in [0.1, 0.15) is 5.56 Å². The molecule has 0 aliphatic carbocycles. The fraction of sp³-hybridized carbons (Fsp3) is 0.0952. The molecule has 4 rings (SSSR count). The van der Waals surface area contributed by atoms with E-state index in [0.717, 1.165) is 15.7 Å². The number of ether oxygens (including phenoxy) is 2. The monoisotopic (exact) mass is 450 g/mol. The van der Waals surface area contributed by atoms with Crippen LogP contribution in [0.4, 0.5) is 5.69 Å². The summed E-state index contributed by atoms with van der Waals surface area (Å²) in [6.45, 7) is 0.943. The Labute approximate surface area is 175 Å². The molecule has 0 fully saturated rings. The van der Waals surface area contributed by atoms with Gasteiger partial charge in [0.2, 0.25) is 0 Å². The molecule has 0 saturated heterocycles. The van der Waals surface area contributed by atoms with Gasteiger partial charge >= 0.3 is 0 Å². The third-order valence-corrected chi connectivity index (χ3v) is 4.80. The number of nitrogens with zero attached hydrogens (tertiary/aromatic N) is 2. The van der Waals surface area contributed by atoms with E-state index in [2.05, 4.69) is 31.4 Å². The maximum Gasteiger partial charge on any atom is 0.266 e. The highest BCUT2D eigenvalue weighted by Crippen LogP contribution is 2.32. The lowest BCUT2D eigenvalue weighted by Crippen LogP contribution is -2.17. The normalized spacial score (nSPS) is 12.9. The number of fused-ring (bicyclic) bond motifs is 1. The second-order valence-electron chi connectivity index (χ2n) is 6.19. The van der Waals surface area contributed by atoms with Crippen LogP contribution >= 0.6 is 15.9 Å². The minimum Gasteiger partial charge on any atom is -0.486 e. The lowest BCUT2D eigenvalue weighted by atomic mass is 10.1. The smallest absolute Gasteiger partial charge is 0.266 e. The largest absolute Gasteiger partial charge is 0.486 e. The van der Waals surface area contributed by atoms with Crippen LogP contribution in [-0.2, 0) is 4.79 Å². The van der Waals surface area contributed by atoms with Gasteiger partial charge in [-0.2, -0.15) is 10.4 Å². The van der Waals surface area contributed by atoms with Gasteiger partial charge in [0.05, 0.1) is 11.9 Å². The van der Waals surface area contributed by atoms with Gasteiger partial charge in [-0.25, -0.2) is 0 Å². The fourth-order valence-electron chi connectivity index (χ4n) is 2.88. The zero-order valence-electron chi connectivity index (χ0n) is 15.1. The molecule has 0 saturated carbocycles. The molecule has 1 aromatic heterocycles. The first-order valence-electron chi connectivity index (χ1n) is 8.76. The van der Waals surface area contributed by atoms with E-state index in [1.807, 2.05) is 30.3 Å². The van der Waals surface area contributed by atoms with Gasteiger partial charge in [-0.15, -0.1) is 0 Å². The number of hydrogen-bond donors (Lipinski definition) is 2. The van der Waals surface area contributed by atoms with Gasteiger partial charge in [0.25, 0.3) is 5.91 Å². The molecule has 2 heterocycles. The first kappa shape index (κ1) is 18.8. The number of amides is 1. The number of aromatic nitrogens is 2. The Morgan fingerprint density at radius 1 is 1.17 bits per heavy atom. The molecule has 2 aromatic carbocycles. The summed E-state index contributed by atoms with van der Waals surface area (Å²) >= 11 is 3.40. The van der Waals surface area contributed by atoms with E-state index in [1.54, 1.807) is 24.4 Å². The first-order chi connectivity index (χ1) is 14.1. The van der Waals surface area contributed by atoms with Gasteiger partial charge in [-0.3, -0.25) is 9.89 Å². The van der Waals surface area contributed by atoms with E-state index >= 15 is 0 Å². The van der Waals surface area contributed by atoms with Crippen molar-refractivity contribution >= 4 is 33.6 Å². The number of H-pyrrole nitrogens is 1. The Balaban J connectivity index is 1.57. The second-order valence-corrected chi connectivity index (χ2v) is 7.11. The number of nitriles is 1. The number of aromatic amines is 1. The van der Waals surface area contributed by atoms with Crippen LogP contribution < -0.4 is 14.8 Å². The number of anilines is 1. The topological polar surface area (TPSA) is 100 Å². The number of hydrogen-bond acceptors (Lipinski definition) is 5. The molecule has 1 aliphatic heterocycles.